The molecule has 1 N–H and O–H groups in total. The molecule has 4 rings (SSSR count). The average Bonchev–Trinajstić information content (AvgIpc) is 3.18. The molecule has 176 valence electrons. The average molecular weight is 707 g/mol. The summed E-state index contributed by atoms with van der Waals surface area (Å²) in [5.41, 5.74) is 2.90. The first-order valence-electron chi connectivity index (χ1n) is 10.6. The lowest BCUT2D eigenvalue weighted by atomic mass is 10.1. The maximum absolute atomic E-state index is 12.7. The summed E-state index contributed by atoms with van der Waals surface area (Å²) in [5.74, 6) is 1.23. The van der Waals surface area contributed by atoms with Gasteiger partial charge in [0, 0.05) is 14.7 Å². The first-order valence-corrected chi connectivity index (χ1v) is 13.6. The van der Waals surface area contributed by atoms with Crippen LogP contribution in [0.25, 0.3) is 6.08 Å². The van der Waals surface area contributed by atoms with Crippen LogP contribution in [0.1, 0.15) is 23.6 Å². The quantitative estimate of drug-likeness (QED) is 0.220. The third-order valence-electron chi connectivity index (χ3n) is 4.86. The second kappa shape index (κ2) is 11.9. The van der Waals surface area contributed by atoms with Gasteiger partial charge in [0.1, 0.15) is 18.1 Å². The van der Waals surface area contributed by atoms with Gasteiger partial charge in [0.15, 0.2) is 5.17 Å². The zero-order valence-electron chi connectivity index (χ0n) is 18.5. The Kier molecular flexibility index (Phi) is 8.69. The summed E-state index contributed by atoms with van der Waals surface area (Å²) < 4.78 is 13.6. The number of carbonyl (C=O) groups excluding carboxylic acids is 1. The Morgan fingerprint density at radius 3 is 2.63 bits per heavy atom. The van der Waals surface area contributed by atoms with Gasteiger partial charge in [0.2, 0.25) is 0 Å². The molecule has 1 aliphatic rings. The summed E-state index contributed by atoms with van der Waals surface area (Å²) in [6.07, 6.45) is 1.82. The van der Waals surface area contributed by atoms with Crippen LogP contribution >= 0.6 is 56.9 Å². The maximum atomic E-state index is 12.7. The van der Waals surface area contributed by atoms with Crippen molar-refractivity contribution in [2.45, 2.75) is 13.5 Å². The van der Waals surface area contributed by atoms with Gasteiger partial charge in [-0.05, 0) is 112 Å². The molecule has 1 saturated heterocycles. The Bertz CT molecular complexity index is 1370. The molecule has 0 spiro atoms. The van der Waals surface area contributed by atoms with E-state index in [-0.39, 0.29) is 12.5 Å². The number of amides is 1. The summed E-state index contributed by atoms with van der Waals surface area (Å²) in [6, 6.07) is 20.9. The number of nitrogens with zero attached hydrogens (tertiary/aromatic N) is 2. The van der Waals surface area contributed by atoms with Crippen molar-refractivity contribution in [3.05, 3.63) is 89.4 Å². The fourth-order valence-electron chi connectivity index (χ4n) is 3.27. The molecule has 0 unspecified atom stereocenters. The number of benzene rings is 3. The highest BCUT2D eigenvalue weighted by molar-refractivity contribution is 14.1. The van der Waals surface area contributed by atoms with E-state index in [2.05, 4.69) is 61.6 Å². The zero-order chi connectivity index (χ0) is 24.8. The number of nitrogens with one attached hydrogen (secondary N) is 1. The van der Waals surface area contributed by atoms with E-state index < -0.39 is 0 Å². The highest BCUT2D eigenvalue weighted by Crippen LogP contribution is 2.35. The number of nitriles is 1. The number of thioether (sulfide) groups is 1. The lowest BCUT2D eigenvalue weighted by molar-refractivity contribution is -0.115. The fourth-order valence-corrected chi connectivity index (χ4v) is 6.15. The van der Waals surface area contributed by atoms with Crippen molar-refractivity contribution in [1.29, 1.82) is 5.26 Å². The number of hydrogen-bond donors (Lipinski definition) is 1. The highest BCUT2D eigenvalue weighted by Gasteiger charge is 2.25. The Morgan fingerprint density at radius 1 is 1.11 bits per heavy atom. The van der Waals surface area contributed by atoms with Gasteiger partial charge in [-0.25, -0.2) is 4.99 Å². The summed E-state index contributed by atoms with van der Waals surface area (Å²) in [6.45, 7) is 2.78. The molecule has 1 aliphatic heterocycles. The van der Waals surface area contributed by atoms with E-state index in [1.165, 1.54) is 11.8 Å². The molecule has 1 heterocycles. The van der Waals surface area contributed by atoms with E-state index >= 15 is 0 Å². The number of rotatable bonds is 7. The Balaban J connectivity index is 1.57. The molecule has 0 aliphatic carbocycles. The highest BCUT2D eigenvalue weighted by atomic mass is 127. The molecule has 0 aromatic heterocycles. The van der Waals surface area contributed by atoms with Gasteiger partial charge in [-0.15, -0.1) is 0 Å². The van der Waals surface area contributed by atoms with Crippen LogP contribution in [0.3, 0.4) is 0 Å². The number of aliphatic imine (C=N–C) groups is 1. The topological polar surface area (TPSA) is 83.7 Å². The van der Waals surface area contributed by atoms with E-state index in [1.54, 1.807) is 6.07 Å². The lowest BCUT2D eigenvalue weighted by Gasteiger charge is -2.13. The summed E-state index contributed by atoms with van der Waals surface area (Å²) in [7, 11) is 0. The number of halogens is 2. The molecular weight excluding hydrogens is 688 g/mol. The van der Waals surface area contributed by atoms with E-state index in [4.69, 9.17) is 9.47 Å². The molecule has 6 nitrogen and oxygen atoms in total. The van der Waals surface area contributed by atoms with Crippen LogP contribution in [0.2, 0.25) is 0 Å². The molecule has 0 saturated carbocycles. The summed E-state index contributed by atoms with van der Waals surface area (Å²) in [5, 5.41) is 12.7. The number of ether oxygens (including phenoxy) is 2. The van der Waals surface area contributed by atoms with Crippen molar-refractivity contribution in [2.24, 2.45) is 4.99 Å². The third-order valence-corrected chi connectivity index (χ3v) is 7.20. The minimum atomic E-state index is -0.214. The first kappa shape index (κ1) is 25.5. The summed E-state index contributed by atoms with van der Waals surface area (Å²) in [4.78, 5) is 17.7. The SMILES string of the molecule is CCOc1ccc(N=C2NC(=O)/C(=C\c3cc(I)cc(I)c3OCc3ccccc3C#N)S2)cc1. The molecule has 3 aromatic carbocycles. The largest absolute Gasteiger partial charge is 0.494 e. The van der Waals surface area contributed by atoms with E-state index in [1.807, 2.05) is 67.6 Å². The van der Waals surface area contributed by atoms with E-state index in [0.29, 0.717) is 28.0 Å². The van der Waals surface area contributed by atoms with Crippen LogP contribution in [0.5, 0.6) is 11.5 Å². The number of hydrogen-bond acceptors (Lipinski definition) is 6. The summed E-state index contributed by atoms with van der Waals surface area (Å²) >= 11 is 5.75. The first-order chi connectivity index (χ1) is 17.0. The van der Waals surface area contributed by atoms with Crippen LogP contribution in [-0.4, -0.2) is 17.7 Å². The lowest BCUT2D eigenvalue weighted by Crippen LogP contribution is -2.19. The van der Waals surface area contributed by atoms with Gasteiger partial charge in [0.25, 0.3) is 5.91 Å². The molecule has 1 amide bonds. The van der Waals surface area contributed by atoms with Crippen LogP contribution in [0.15, 0.2) is 70.6 Å². The molecule has 0 bridgehead atoms. The van der Waals surface area contributed by atoms with Gasteiger partial charge in [-0.1, -0.05) is 18.2 Å². The second-order valence-corrected chi connectivity index (χ2v) is 10.7. The smallest absolute Gasteiger partial charge is 0.264 e. The molecule has 35 heavy (non-hydrogen) atoms. The minimum Gasteiger partial charge on any atom is -0.494 e. The van der Waals surface area contributed by atoms with Gasteiger partial charge in [-0.2, -0.15) is 5.26 Å². The van der Waals surface area contributed by atoms with Crippen molar-refractivity contribution in [2.75, 3.05) is 6.61 Å². The predicted molar refractivity (Wildman–Crippen MR) is 156 cm³/mol. The van der Waals surface area contributed by atoms with Crippen molar-refractivity contribution < 1.29 is 14.3 Å². The van der Waals surface area contributed by atoms with Gasteiger partial charge < -0.3 is 14.8 Å². The molecule has 9 heteroatoms. The van der Waals surface area contributed by atoms with E-state index in [0.717, 1.165) is 29.7 Å². The second-order valence-electron chi connectivity index (χ2n) is 7.27. The standard InChI is InChI=1S/C26H19I2N3O3S/c1-2-33-21-9-7-20(8-10-21)30-26-31-25(32)23(35-26)12-18-11-19(27)13-22(28)24(18)34-15-17-6-4-3-5-16(17)14-29/h3-13H,2,15H2,1H3,(H,30,31,32)/b23-12+. The van der Waals surface area contributed by atoms with Crippen molar-refractivity contribution in [3.8, 4) is 17.6 Å². The fraction of sp³-hybridized carbons (Fsp3) is 0.115. The minimum absolute atomic E-state index is 0.214. The zero-order valence-corrected chi connectivity index (χ0v) is 23.7. The van der Waals surface area contributed by atoms with Crippen molar-refractivity contribution in [3.63, 3.8) is 0 Å². The number of carbonyl (C=O) groups is 1. The third kappa shape index (κ3) is 6.56. The molecule has 0 atom stereocenters. The Morgan fingerprint density at radius 2 is 1.89 bits per heavy atom. The van der Waals surface area contributed by atoms with Crippen LogP contribution in [0, 0.1) is 18.5 Å². The Hall–Kier alpha value is -2.56. The molecule has 0 radical (unpaired) electrons. The van der Waals surface area contributed by atoms with Gasteiger partial charge >= 0.3 is 0 Å². The number of amidine groups is 1. The monoisotopic (exact) mass is 707 g/mol. The van der Waals surface area contributed by atoms with Crippen LogP contribution in [0.4, 0.5) is 5.69 Å². The predicted octanol–water partition coefficient (Wildman–Crippen LogP) is 6.64. The van der Waals surface area contributed by atoms with Crippen LogP contribution in [-0.2, 0) is 11.4 Å². The van der Waals surface area contributed by atoms with Crippen LogP contribution < -0.4 is 14.8 Å². The molecule has 1 fully saturated rings. The normalized spacial score (nSPS) is 15.2. The van der Waals surface area contributed by atoms with Crippen molar-refractivity contribution in [1.82, 2.24) is 5.32 Å². The Labute approximate surface area is 235 Å². The van der Waals surface area contributed by atoms with Gasteiger partial charge in [0.05, 0.1) is 32.4 Å². The van der Waals surface area contributed by atoms with Crippen molar-refractivity contribution >= 4 is 79.8 Å². The van der Waals surface area contributed by atoms with Gasteiger partial charge in [-0.3, -0.25) is 4.79 Å². The van der Waals surface area contributed by atoms with E-state index in [9.17, 15) is 10.1 Å². The molecular formula is C26H19I2N3O3S. The maximum Gasteiger partial charge on any atom is 0.264 e. The molecule has 3 aromatic rings.